The summed E-state index contributed by atoms with van der Waals surface area (Å²) >= 11 is 2.87. The van der Waals surface area contributed by atoms with Crippen molar-refractivity contribution in [3.8, 4) is 0 Å². The Morgan fingerprint density at radius 2 is 2.00 bits per heavy atom. The van der Waals surface area contributed by atoms with Crippen molar-refractivity contribution in [3.63, 3.8) is 0 Å². The highest BCUT2D eigenvalue weighted by Crippen LogP contribution is 2.19. The van der Waals surface area contributed by atoms with Crippen molar-refractivity contribution in [1.82, 2.24) is 9.13 Å². The fourth-order valence-electron chi connectivity index (χ4n) is 2.86. The van der Waals surface area contributed by atoms with E-state index in [1.165, 1.54) is 20.5 Å². The number of fused-ring (bicyclic) bond motifs is 1. The standard InChI is InChI=1S/C19H21N3O3S2/c1-12(2)10-22-18(24)17-15(7-8-27-17)21(19(22)25)11-16(23)20-13-5-4-6-14(9-13)26-3/h4-9,12H,10-11H2,1-3H3,(H,20,23). The normalized spacial score (nSPS) is 11.3. The molecular formula is C19H21N3O3S2. The lowest BCUT2D eigenvalue weighted by Gasteiger charge is -2.13. The third-order valence-corrected chi connectivity index (χ3v) is 5.66. The van der Waals surface area contributed by atoms with Gasteiger partial charge in [0.2, 0.25) is 5.91 Å². The van der Waals surface area contributed by atoms with Gasteiger partial charge in [-0.15, -0.1) is 23.1 Å². The Balaban J connectivity index is 1.96. The third-order valence-electron chi connectivity index (χ3n) is 4.04. The molecule has 6 nitrogen and oxygen atoms in total. The van der Waals surface area contributed by atoms with Crippen molar-refractivity contribution in [2.24, 2.45) is 5.92 Å². The average Bonchev–Trinajstić information content (AvgIpc) is 3.12. The molecule has 0 fully saturated rings. The highest BCUT2D eigenvalue weighted by atomic mass is 32.2. The average molecular weight is 404 g/mol. The van der Waals surface area contributed by atoms with Crippen LogP contribution < -0.4 is 16.6 Å². The minimum absolute atomic E-state index is 0.143. The lowest BCUT2D eigenvalue weighted by Crippen LogP contribution is -2.42. The maximum Gasteiger partial charge on any atom is 0.332 e. The Morgan fingerprint density at radius 3 is 2.70 bits per heavy atom. The summed E-state index contributed by atoms with van der Waals surface area (Å²) in [5.41, 5.74) is 0.440. The van der Waals surface area contributed by atoms with Crippen molar-refractivity contribution in [2.45, 2.75) is 31.8 Å². The van der Waals surface area contributed by atoms with Crippen LogP contribution in [0, 0.1) is 5.92 Å². The van der Waals surface area contributed by atoms with Crippen LogP contribution >= 0.6 is 23.1 Å². The van der Waals surface area contributed by atoms with Crippen molar-refractivity contribution < 1.29 is 4.79 Å². The number of thiophene rings is 1. The number of carbonyl (C=O) groups is 1. The first-order chi connectivity index (χ1) is 12.9. The topological polar surface area (TPSA) is 73.1 Å². The molecule has 0 aliphatic carbocycles. The minimum atomic E-state index is -0.451. The van der Waals surface area contributed by atoms with Crippen molar-refractivity contribution in [2.75, 3.05) is 11.6 Å². The Kier molecular flexibility index (Phi) is 5.86. The maximum atomic E-state index is 12.9. The zero-order valence-corrected chi connectivity index (χ0v) is 17.0. The van der Waals surface area contributed by atoms with Gasteiger partial charge in [0.15, 0.2) is 0 Å². The van der Waals surface area contributed by atoms with Gasteiger partial charge in [0.25, 0.3) is 5.56 Å². The van der Waals surface area contributed by atoms with Crippen LogP contribution in [0.4, 0.5) is 5.69 Å². The van der Waals surface area contributed by atoms with Crippen LogP contribution in [-0.2, 0) is 17.9 Å². The van der Waals surface area contributed by atoms with E-state index in [-0.39, 0.29) is 23.9 Å². The molecule has 0 saturated carbocycles. The van der Waals surface area contributed by atoms with Gasteiger partial charge in [0, 0.05) is 17.1 Å². The third kappa shape index (κ3) is 4.17. The molecule has 0 aliphatic heterocycles. The van der Waals surface area contributed by atoms with E-state index in [2.05, 4.69) is 5.32 Å². The largest absolute Gasteiger partial charge is 0.332 e. The quantitative estimate of drug-likeness (QED) is 0.641. The van der Waals surface area contributed by atoms with Crippen molar-refractivity contribution in [1.29, 1.82) is 0 Å². The lowest BCUT2D eigenvalue weighted by atomic mass is 10.2. The molecule has 3 aromatic rings. The second-order valence-electron chi connectivity index (χ2n) is 6.59. The van der Waals surface area contributed by atoms with Gasteiger partial charge in [0.1, 0.15) is 11.2 Å². The summed E-state index contributed by atoms with van der Waals surface area (Å²) in [4.78, 5) is 39.1. The monoisotopic (exact) mass is 403 g/mol. The molecule has 0 bridgehead atoms. The number of nitrogens with one attached hydrogen (secondary N) is 1. The Labute approximate surface area is 164 Å². The van der Waals surface area contributed by atoms with E-state index in [4.69, 9.17) is 0 Å². The molecular weight excluding hydrogens is 382 g/mol. The molecule has 2 aromatic heterocycles. The van der Waals surface area contributed by atoms with E-state index >= 15 is 0 Å². The fraction of sp³-hybridized carbons (Fsp3) is 0.316. The van der Waals surface area contributed by atoms with Gasteiger partial charge in [-0.1, -0.05) is 19.9 Å². The molecule has 1 aromatic carbocycles. The second-order valence-corrected chi connectivity index (χ2v) is 8.39. The molecule has 27 heavy (non-hydrogen) atoms. The maximum absolute atomic E-state index is 12.9. The summed E-state index contributed by atoms with van der Waals surface area (Å²) < 4.78 is 3.10. The molecule has 0 spiro atoms. The number of carbonyl (C=O) groups excluding carboxylic acids is 1. The number of amides is 1. The molecule has 0 saturated heterocycles. The summed E-state index contributed by atoms with van der Waals surface area (Å²) in [7, 11) is 0. The first-order valence-corrected chi connectivity index (χ1v) is 10.7. The molecule has 3 rings (SSSR count). The van der Waals surface area contributed by atoms with E-state index in [1.807, 2.05) is 38.3 Å². The Morgan fingerprint density at radius 1 is 1.22 bits per heavy atom. The number of rotatable bonds is 6. The number of nitrogens with zero attached hydrogens (tertiary/aromatic N) is 2. The summed E-state index contributed by atoms with van der Waals surface area (Å²) in [6, 6.07) is 9.23. The predicted octanol–water partition coefficient (Wildman–Crippen LogP) is 3.24. The van der Waals surface area contributed by atoms with Crippen molar-refractivity contribution >= 4 is 44.9 Å². The van der Waals surface area contributed by atoms with Crippen molar-refractivity contribution in [3.05, 3.63) is 56.5 Å². The lowest BCUT2D eigenvalue weighted by molar-refractivity contribution is -0.116. The van der Waals surface area contributed by atoms with E-state index in [9.17, 15) is 14.4 Å². The first kappa shape index (κ1) is 19.4. The smallest absolute Gasteiger partial charge is 0.324 e. The van der Waals surface area contributed by atoms with E-state index < -0.39 is 5.69 Å². The van der Waals surface area contributed by atoms with Gasteiger partial charge in [-0.3, -0.25) is 18.7 Å². The van der Waals surface area contributed by atoms with Crippen LogP contribution in [0.1, 0.15) is 13.8 Å². The highest BCUT2D eigenvalue weighted by molar-refractivity contribution is 7.98. The molecule has 0 unspecified atom stereocenters. The molecule has 142 valence electrons. The van der Waals surface area contributed by atoms with Gasteiger partial charge in [-0.25, -0.2) is 4.79 Å². The number of hydrogen-bond donors (Lipinski definition) is 1. The zero-order chi connectivity index (χ0) is 19.6. The number of hydrogen-bond acceptors (Lipinski definition) is 5. The van der Waals surface area contributed by atoms with Crippen LogP contribution in [0.3, 0.4) is 0 Å². The summed E-state index contributed by atoms with van der Waals surface area (Å²) in [6.45, 7) is 4.07. The molecule has 2 heterocycles. The van der Waals surface area contributed by atoms with Gasteiger partial charge in [-0.05, 0) is 41.8 Å². The Hall–Kier alpha value is -2.32. The SMILES string of the molecule is CSc1cccc(NC(=O)Cn2c(=O)n(CC(C)C)c(=O)c3sccc32)c1. The fourth-order valence-corrected chi connectivity index (χ4v) is 4.16. The molecule has 0 atom stereocenters. The van der Waals surface area contributed by atoms with Crippen LogP contribution in [0.25, 0.3) is 10.2 Å². The molecule has 0 aliphatic rings. The Bertz CT molecular complexity index is 1100. The number of aromatic nitrogens is 2. The zero-order valence-electron chi connectivity index (χ0n) is 15.4. The second kappa shape index (κ2) is 8.14. The number of anilines is 1. The summed E-state index contributed by atoms with van der Waals surface area (Å²) in [5, 5.41) is 4.59. The van der Waals surface area contributed by atoms with Gasteiger partial charge < -0.3 is 5.32 Å². The van der Waals surface area contributed by atoms with Crippen LogP contribution in [-0.4, -0.2) is 21.3 Å². The molecule has 0 radical (unpaired) electrons. The molecule has 1 amide bonds. The van der Waals surface area contributed by atoms with E-state index in [0.29, 0.717) is 22.4 Å². The van der Waals surface area contributed by atoms with Gasteiger partial charge >= 0.3 is 5.69 Å². The molecule has 8 heteroatoms. The summed E-state index contributed by atoms with van der Waals surface area (Å²) in [6.07, 6.45) is 1.96. The predicted molar refractivity (Wildman–Crippen MR) is 112 cm³/mol. The van der Waals surface area contributed by atoms with E-state index in [0.717, 1.165) is 4.90 Å². The van der Waals surface area contributed by atoms with Crippen LogP contribution in [0.15, 0.2) is 50.2 Å². The van der Waals surface area contributed by atoms with Crippen LogP contribution in [0.5, 0.6) is 0 Å². The van der Waals surface area contributed by atoms with Gasteiger partial charge in [0.05, 0.1) is 5.52 Å². The van der Waals surface area contributed by atoms with E-state index in [1.54, 1.807) is 29.3 Å². The number of thioether (sulfide) groups is 1. The first-order valence-electron chi connectivity index (χ1n) is 8.55. The van der Waals surface area contributed by atoms with Gasteiger partial charge in [-0.2, -0.15) is 0 Å². The molecule has 1 N–H and O–H groups in total. The minimum Gasteiger partial charge on any atom is -0.324 e. The highest BCUT2D eigenvalue weighted by Gasteiger charge is 2.17. The summed E-state index contributed by atoms with van der Waals surface area (Å²) in [5.74, 6) is -0.165. The number of benzene rings is 1. The van der Waals surface area contributed by atoms with Crippen LogP contribution in [0.2, 0.25) is 0 Å².